The van der Waals surface area contributed by atoms with Crippen LogP contribution in [0, 0.1) is 0 Å². The first-order chi connectivity index (χ1) is 9.82. The Hall–Kier alpha value is -1.89. The smallest absolute Gasteiger partial charge is 0.323 e. The molecule has 0 aliphatic heterocycles. The minimum absolute atomic E-state index is 0.244. The van der Waals surface area contributed by atoms with Crippen molar-refractivity contribution in [2.75, 3.05) is 13.1 Å². The summed E-state index contributed by atoms with van der Waals surface area (Å²) in [6.45, 7) is 2.81. The first-order valence-corrected chi connectivity index (χ1v) is 7.16. The van der Waals surface area contributed by atoms with Crippen molar-refractivity contribution in [3.63, 3.8) is 0 Å². The summed E-state index contributed by atoms with van der Waals surface area (Å²) in [6.07, 6.45) is 0. The number of nitrogens with one attached hydrogen (secondary N) is 1. The van der Waals surface area contributed by atoms with Gasteiger partial charge in [0.05, 0.1) is 12.1 Å². The van der Waals surface area contributed by atoms with Gasteiger partial charge in [-0.2, -0.15) is 0 Å². The zero-order chi connectivity index (χ0) is 16.0. The summed E-state index contributed by atoms with van der Waals surface area (Å²) in [6, 6.07) is 6.59. The molecule has 21 heavy (non-hydrogen) atoms. The third-order valence-electron chi connectivity index (χ3n) is 2.77. The molecule has 0 radical (unpaired) electrons. The normalized spacial score (nSPS) is 10.3. The van der Waals surface area contributed by atoms with Crippen LogP contribution < -0.4 is 5.32 Å². The molecule has 0 fully saturated rings. The van der Waals surface area contributed by atoms with E-state index in [4.69, 9.17) is 5.11 Å². The lowest BCUT2D eigenvalue weighted by Crippen LogP contribution is -2.45. The van der Waals surface area contributed by atoms with Crippen molar-refractivity contribution in [3.05, 3.63) is 34.3 Å². The lowest BCUT2D eigenvalue weighted by molar-refractivity contribution is -0.145. The van der Waals surface area contributed by atoms with Gasteiger partial charge in [0.15, 0.2) is 0 Å². The van der Waals surface area contributed by atoms with Gasteiger partial charge in [-0.1, -0.05) is 12.1 Å². The standard InChI is InChI=1S/C14H17BrN2O4/c1-9(2)17(8-13(19)20)12(18)7-16-14(21)10-5-3-4-6-11(10)15/h3-6,9H,7-8H2,1-2H3,(H,16,21)(H,19,20). The fourth-order valence-electron chi connectivity index (χ4n) is 1.70. The van der Waals surface area contributed by atoms with Crippen molar-refractivity contribution in [1.82, 2.24) is 10.2 Å². The molecule has 0 atom stereocenters. The van der Waals surface area contributed by atoms with Crippen LogP contribution in [0.3, 0.4) is 0 Å². The van der Waals surface area contributed by atoms with Gasteiger partial charge < -0.3 is 15.3 Å². The Labute approximate surface area is 131 Å². The van der Waals surface area contributed by atoms with Gasteiger partial charge in [0.2, 0.25) is 5.91 Å². The van der Waals surface area contributed by atoms with Crippen LogP contribution in [0.4, 0.5) is 0 Å². The highest BCUT2D eigenvalue weighted by Gasteiger charge is 2.20. The third-order valence-corrected chi connectivity index (χ3v) is 3.46. The van der Waals surface area contributed by atoms with Crippen LogP contribution >= 0.6 is 15.9 Å². The maximum atomic E-state index is 12.0. The number of hydrogen-bond acceptors (Lipinski definition) is 3. The summed E-state index contributed by atoms with van der Waals surface area (Å²) in [5.74, 6) is -1.92. The Balaban J connectivity index is 2.65. The number of carbonyl (C=O) groups excluding carboxylic acids is 2. The van der Waals surface area contributed by atoms with Crippen molar-refractivity contribution in [2.45, 2.75) is 19.9 Å². The number of rotatable bonds is 6. The maximum absolute atomic E-state index is 12.0. The molecule has 0 aromatic heterocycles. The van der Waals surface area contributed by atoms with Crippen molar-refractivity contribution in [2.24, 2.45) is 0 Å². The summed E-state index contributed by atoms with van der Waals surface area (Å²) in [4.78, 5) is 35.9. The van der Waals surface area contributed by atoms with E-state index in [1.54, 1.807) is 38.1 Å². The molecule has 7 heteroatoms. The SMILES string of the molecule is CC(C)N(CC(=O)O)C(=O)CNC(=O)c1ccccc1Br. The van der Waals surface area contributed by atoms with Crippen molar-refractivity contribution >= 4 is 33.7 Å². The Bertz CT molecular complexity index is 546. The molecule has 0 spiro atoms. The number of aliphatic carboxylic acids is 1. The number of carboxylic acid groups (broad SMARTS) is 1. The Kier molecular flexibility index (Phi) is 6.36. The molecule has 0 unspecified atom stereocenters. The minimum Gasteiger partial charge on any atom is -0.480 e. The van der Waals surface area contributed by atoms with Crippen LogP contribution in [0.25, 0.3) is 0 Å². The van der Waals surface area contributed by atoms with E-state index in [-0.39, 0.29) is 19.1 Å². The number of nitrogens with zero attached hydrogens (tertiary/aromatic N) is 1. The van der Waals surface area contributed by atoms with Crippen LogP contribution in [0.1, 0.15) is 24.2 Å². The largest absolute Gasteiger partial charge is 0.480 e. The van der Waals surface area contributed by atoms with Crippen LogP contribution in [-0.4, -0.2) is 46.9 Å². The van der Waals surface area contributed by atoms with Gasteiger partial charge in [-0.15, -0.1) is 0 Å². The van der Waals surface area contributed by atoms with E-state index in [0.29, 0.717) is 10.0 Å². The molecule has 1 rings (SSSR count). The predicted octanol–water partition coefficient (Wildman–Crippen LogP) is 1.50. The van der Waals surface area contributed by atoms with Gasteiger partial charge in [-0.05, 0) is 41.9 Å². The van der Waals surface area contributed by atoms with E-state index < -0.39 is 17.8 Å². The van der Waals surface area contributed by atoms with Crippen LogP contribution in [-0.2, 0) is 9.59 Å². The molecule has 6 nitrogen and oxygen atoms in total. The lowest BCUT2D eigenvalue weighted by atomic mass is 10.2. The second kappa shape index (κ2) is 7.78. The fraction of sp³-hybridized carbons (Fsp3) is 0.357. The monoisotopic (exact) mass is 356 g/mol. The van der Waals surface area contributed by atoms with Gasteiger partial charge in [0.25, 0.3) is 5.91 Å². The van der Waals surface area contributed by atoms with Crippen molar-refractivity contribution in [3.8, 4) is 0 Å². The molecular weight excluding hydrogens is 340 g/mol. The summed E-state index contributed by atoms with van der Waals surface area (Å²) < 4.78 is 0.626. The van der Waals surface area contributed by atoms with Gasteiger partial charge in [-0.25, -0.2) is 0 Å². The first kappa shape index (κ1) is 17.2. The maximum Gasteiger partial charge on any atom is 0.323 e. The van der Waals surface area contributed by atoms with E-state index >= 15 is 0 Å². The van der Waals surface area contributed by atoms with Gasteiger partial charge in [-0.3, -0.25) is 14.4 Å². The Morgan fingerprint density at radius 3 is 2.43 bits per heavy atom. The highest BCUT2D eigenvalue weighted by molar-refractivity contribution is 9.10. The number of benzene rings is 1. The molecular formula is C14H17BrN2O4. The van der Waals surface area contributed by atoms with Crippen molar-refractivity contribution < 1.29 is 19.5 Å². The molecule has 0 saturated heterocycles. The summed E-state index contributed by atoms with van der Waals surface area (Å²) in [5, 5.41) is 11.3. The molecule has 0 bridgehead atoms. The zero-order valence-electron chi connectivity index (χ0n) is 11.8. The van der Waals surface area contributed by atoms with E-state index in [1.807, 2.05) is 0 Å². The number of hydrogen-bond donors (Lipinski definition) is 2. The summed E-state index contributed by atoms with van der Waals surface area (Å²) >= 11 is 3.25. The second-order valence-corrected chi connectivity index (χ2v) is 5.53. The van der Waals surface area contributed by atoms with Crippen LogP contribution in [0.5, 0.6) is 0 Å². The van der Waals surface area contributed by atoms with E-state index in [2.05, 4.69) is 21.2 Å². The topological polar surface area (TPSA) is 86.7 Å². The van der Waals surface area contributed by atoms with Crippen LogP contribution in [0.15, 0.2) is 28.7 Å². The van der Waals surface area contributed by atoms with E-state index in [0.717, 1.165) is 0 Å². The molecule has 0 saturated carbocycles. The number of halogens is 1. The van der Waals surface area contributed by atoms with Gasteiger partial charge in [0.1, 0.15) is 6.54 Å². The molecule has 0 heterocycles. The van der Waals surface area contributed by atoms with Crippen LogP contribution in [0.2, 0.25) is 0 Å². The predicted molar refractivity (Wildman–Crippen MR) is 81.0 cm³/mol. The third kappa shape index (κ3) is 5.18. The average Bonchev–Trinajstić information content (AvgIpc) is 2.41. The molecule has 2 amide bonds. The quantitative estimate of drug-likeness (QED) is 0.808. The number of carboxylic acids is 1. The highest BCUT2D eigenvalue weighted by Crippen LogP contribution is 2.15. The molecule has 1 aromatic rings. The molecule has 2 N–H and O–H groups in total. The second-order valence-electron chi connectivity index (χ2n) is 4.67. The van der Waals surface area contributed by atoms with E-state index in [9.17, 15) is 14.4 Å². The fourth-order valence-corrected chi connectivity index (χ4v) is 2.17. The Morgan fingerprint density at radius 1 is 1.29 bits per heavy atom. The lowest BCUT2D eigenvalue weighted by Gasteiger charge is -2.25. The summed E-state index contributed by atoms with van der Waals surface area (Å²) in [7, 11) is 0. The molecule has 0 aliphatic carbocycles. The number of amides is 2. The number of carbonyl (C=O) groups is 3. The molecule has 114 valence electrons. The minimum atomic E-state index is -1.09. The van der Waals surface area contributed by atoms with Gasteiger partial charge in [0, 0.05) is 10.5 Å². The molecule has 1 aromatic carbocycles. The first-order valence-electron chi connectivity index (χ1n) is 6.37. The zero-order valence-corrected chi connectivity index (χ0v) is 13.4. The van der Waals surface area contributed by atoms with Crippen molar-refractivity contribution in [1.29, 1.82) is 0 Å². The highest BCUT2D eigenvalue weighted by atomic mass is 79.9. The van der Waals surface area contributed by atoms with Gasteiger partial charge >= 0.3 is 5.97 Å². The van der Waals surface area contributed by atoms with E-state index in [1.165, 1.54) is 4.90 Å². The average molecular weight is 357 g/mol. The Morgan fingerprint density at radius 2 is 1.90 bits per heavy atom. The summed E-state index contributed by atoms with van der Waals surface area (Å²) in [5.41, 5.74) is 0.416. The molecule has 0 aliphatic rings.